The Balaban J connectivity index is 2.07. The maximum atomic E-state index is 11.5. The molecule has 0 saturated heterocycles. The molecule has 0 aliphatic carbocycles. The van der Waals surface area contributed by atoms with Crippen molar-refractivity contribution in [2.75, 3.05) is 26.5 Å². The van der Waals surface area contributed by atoms with Gasteiger partial charge in [-0.2, -0.15) is 0 Å². The highest BCUT2D eigenvalue weighted by atomic mass is 32.2. The van der Waals surface area contributed by atoms with E-state index in [0.29, 0.717) is 34.7 Å². The van der Waals surface area contributed by atoms with Gasteiger partial charge in [0.15, 0.2) is 0 Å². The largest absolute Gasteiger partial charge is 0.497 e. The van der Waals surface area contributed by atoms with E-state index in [1.807, 2.05) is 0 Å². The fourth-order valence-corrected chi connectivity index (χ4v) is 2.27. The highest BCUT2D eigenvalue weighted by molar-refractivity contribution is 7.99. The fourth-order valence-electron chi connectivity index (χ4n) is 1.68. The minimum Gasteiger partial charge on any atom is -0.497 e. The minimum atomic E-state index is -0.127. The molecule has 0 bridgehead atoms. The summed E-state index contributed by atoms with van der Waals surface area (Å²) in [7, 11) is 3.13. The van der Waals surface area contributed by atoms with Gasteiger partial charge in [-0.15, -0.1) is 16.8 Å². The first-order valence-corrected chi connectivity index (χ1v) is 7.72. The van der Waals surface area contributed by atoms with E-state index in [2.05, 4.69) is 22.1 Å². The van der Waals surface area contributed by atoms with E-state index in [9.17, 15) is 4.79 Å². The number of aromatic nitrogens is 2. The first-order valence-electron chi connectivity index (χ1n) is 6.73. The Hall–Kier alpha value is -2.48. The van der Waals surface area contributed by atoms with Crippen molar-refractivity contribution in [2.45, 2.75) is 5.22 Å². The molecular weight excluding hydrogens is 318 g/mol. The molecule has 0 saturated carbocycles. The molecule has 0 fully saturated rings. The van der Waals surface area contributed by atoms with Gasteiger partial charge in [0, 0.05) is 18.2 Å². The lowest BCUT2D eigenvalue weighted by Gasteiger charge is -2.05. The normalized spacial score (nSPS) is 10.2. The number of thioether (sulfide) groups is 1. The second kappa shape index (κ2) is 8.23. The summed E-state index contributed by atoms with van der Waals surface area (Å²) in [4.78, 5) is 11.5. The van der Waals surface area contributed by atoms with Crippen molar-refractivity contribution in [2.24, 2.45) is 0 Å². The third kappa shape index (κ3) is 4.75. The van der Waals surface area contributed by atoms with Gasteiger partial charge in [-0.05, 0) is 12.1 Å². The Morgan fingerprint density at radius 2 is 2.00 bits per heavy atom. The van der Waals surface area contributed by atoms with Gasteiger partial charge in [0.05, 0.1) is 20.0 Å². The topological polar surface area (TPSA) is 86.5 Å². The first kappa shape index (κ1) is 16.9. The van der Waals surface area contributed by atoms with Crippen molar-refractivity contribution in [1.29, 1.82) is 0 Å². The summed E-state index contributed by atoms with van der Waals surface area (Å²) >= 11 is 1.17. The Bertz CT molecular complexity index is 665. The molecule has 0 aliphatic rings. The number of hydrogen-bond acceptors (Lipinski definition) is 7. The van der Waals surface area contributed by atoms with Gasteiger partial charge in [-0.25, -0.2) is 0 Å². The quantitative estimate of drug-likeness (QED) is 0.584. The van der Waals surface area contributed by atoms with Crippen LogP contribution in [0.25, 0.3) is 11.5 Å². The van der Waals surface area contributed by atoms with Crippen LogP contribution in [0.15, 0.2) is 40.5 Å². The summed E-state index contributed by atoms with van der Waals surface area (Å²) in [6, 6.07) is 5.28. The van der Waals surface area contributed by atoms with E-state index in [1.165, 1.54) is 11.8 Å². The lowest BCUT2D eigenvalue weighted by atomic mass is 10.2. The maximum absolute atomic E-state index is 11.5. The van der Waals surface area contributed by atoms with Gasteiger partial charge in [0.1, 0.15) is 11.5 Å². The van der Waals surface area contributed by atoms with E-state index in [0.717, 1.165) is 0 Å². The number of nitrogens with one attached hydrogen (secondary N) is 1. The van der Waals surface area contributed by atoms with Crippen LogP contribution < -0.4 is 14.8 Å². The number of amides is 1. The monoisotopic (exact) mass is 335 g/mol. The average molecular weight is 335 g/mol. The van der Waals surface area contributed by atoms with Gasteiger partial charge in [-0.1, -0.05) is 17.8 Å². The molecule has 1 aromatic heterocycles. The summed E-state index contributed by atoms with van der Waals surface area (Å²) in [6.07, 6.45) is 1.61. The van der Waals surface area contributed by atoms with Crippen LogP contribution in [0.1, 0.15) is 0 Å². The maximum Gasteiger partial charge on any atom is 0.277 e. The van der Waals surface area contributed by atoms with Crippen molar-refractivity contribution in [3.05, 3.63) is 30.9 Å². The van der Waals surface area contributed by atoms with Crippen LogP contribution in [-0.2, 0) is 4.79 Å². The zero-order valence-corrected chi connectivity index (χ0v) is 13.7. The van der Waals surface area contributed by atoms with Gasteiger partial charge < -0.3 is 19.2 Å². The van der Waals surface area contributed by atoms with Crippen molar-refractivity contribution < 1.29 is 18.7 Å². The van der Waals surface area contributed by atoms with E-state index in [4.69, 9.17) is 13.9 Å². The summed E-state index contributed by atoms with van der Waals surface area (Å²) in [5, 5.41) is 10.9. The number of carbonyl (C=O) groups is 1. The molecule has 2 rings (SSSR count). The molecule has 0 radical (unpaired) electrons. The standard InChI is InChI=1S/C15H17N3O4S/c1-4-5-16-13(19)9-23-15-18-17-14(22-15)10-6-11(20-2)8-12(7-10)21-3/h4,6-8H,1,5,9H2,2-3H3,(H,16,19). The predicted octanol–water partition coefficient (Wildman–Crippen LogP) is 2.15. The molecular formula is C15H17N3O4S. The molecule has 7 nitrogen and oxygen atoms in total. The van der Waals surface area contributed by atoms with E-state index >= 15 is 0 Å². The molecule has 0 spiro atoms. The van der Waals surface area contributed by atoms with Crippen LogP contribution in [-0.4, -0.2) is 42.6 Å². The number of nitrogens with zero attached hydrogens (tertiary/aromatic N) is 2. The molecule has 23 heavy (non-hydrogen) atoms. The number of hydrogen-bond donors (Lipinski definition) is 1. The van der Waals surface area contributed by atoms with Gasteiger partial charge >= 0.3 is 0 Å². The second-order valence-electron chi connectivity index (χ2n) is 4.36. The number of rotatable bonds is 8. The molecule has 0 atom stereocenters. The molecule has 1 heterocycles. The second-order valence-corrected chi connectivity index (χ2v) is 5.28. The first-order chi connectivity index (χ1) is 11.2. The number of methoxy groups -OCH3 is 2. The number of ether oxygens (including phenoxy) is 2. The van der Waals surface area contributed by atoms with E-state index in [1.54, 1.807) is 38.5 Å². The lowest BCUT2D eigenvalue weighted by molar-refractivity contribution is -0.118. The molecule has 8 heteroatoms. The summed E-state index contributed by atoms with van der Waals surface area (Å²) in [5.41, 5.74) is 0.677. The Kier molecular flexibility index (Phi) is 6.04. The Morgan fingerprint density at radius 3 is 2.61 bits per heavy atom. The molecule has 0 aliphatic heterocycles. The summed E-state index contributed by atoms with van der Waals surface area (Å²) in [6.45, 7) is 3.96. The van der Waals surface area contributed by atoms with Crippen LogP contribution in [0, 0.1) is 0 Å². The third-order valence-corrected chi connectivity index (χ3v) is 3.59. The van der Waals surface area contributed by atoms with Crippen LogP contribution in [0.4, 0.5) is 0 Å². The molecule has 1 N–H and O–H groups in total. The molecule has 1 aromatic carbocycles. The van der Waals surface area contributed by atoms with Crippen LogP contribution >= 0.6 is 11.8 Å². The van der Waals surface area contributed by atoms with E-state index in [-0.39, 0.29) is 11.7 Å². The van der Waals surface area contributed by atoms with Crippen LogP contribution in [0.5, 0.6) is 11.5 Å². The molecule has 0 unspecified atom stereocenters. The molecule has 1 amide bonds. The predicted molar refractivity (Wildman–Crippen MR) is 86.8 cm³/mol. The average Bonchev–Trinajstić information content (AvgIpc) is 3.06. The highest BCUT2D eigenvalue weighted by Gasteiger charge is 2.13. The number of benzene rings is 1. The van der Waals surface area contributed by atoms with Gasteiger partial charge in [-0.3, -0.25) is 4.79 Å². The smallest absolute Gasteiger partial charge is 0.277 e. The zero-order chi connectivity index (χ0) is 16.7. The van der Waals surface area contributed by atoms with Crippen molar-refractivity contribution >= 4 is 17.7 Å². The summed E-state index contributed by atoms with van der Waals surface area (Å²) < 4.78 is 16.0. The Labute approximate surface area is 138 Å². The van der Waals surface area contributed by atoms with Crippen molar-refractivity contribution in [3.8, 4) is 23.0 Å². The zero-order valence-electron chi connectivity index (χ0n) is 12.9. The summed E-state index contributed by atoms with van der Waals surface area (Å²) in [5.74, 6) is 1.64. The van der Waals surface area contributed by atoms with Crippen LogP contribution in [0.3, 0.4) is 0 Å². The third-order valence-electron chi connectivity index (χ3n) is 2.78. The van der Waals surface area contributed by atoms with Gasteiger partial charge in [0.2, 0.25) is 11.8 Å². The lowest BCUT2D eigenvalue weighted by Crippen LogP contribution is -2.24. The SMILES string of the molecule is C=CCNC(=O)CSc1nnc(-c2cc(OC)cc(OC)c2)o1. The fraction of sp³-hybridized carbons (Fsp3) is 0.267. The van der Waals surface area contributed by atoms with Crippen molar-refractivity contribution in [1.82, 2.24) is 15.5 Å². The van der Waals surface area contributed by atoms with Crippen molar-refractivity contribution in [3.63, 3.8) is 0 Å². The minimum absolute atomic E-state index is 0.127. The number of carbonyl (C=O) groups excluding carboxylic acids is 1. The molecule has 2 aromatic rings. The Morgan fingerprint density at radius 1 is 1.30 bits per heavy atom. The van der Waals surface area contributed by atoms with E-state index < -0.39 is 0 Å². The highest BCUT2D eigenvalue weighted by Crippen LogP contribution is 2.30. The van der Waals surface area contributed by atoms with Crippen LogP contribution in [0.2, 0.25) is 0 Å². The molecule has 122 valence electrons. The van der Waals surface area contributed by atoms with Gasteiger partial charge in [0.25, 0.3) is 5.22 Å².